The van der Waals surface area contributed by atoms with E-state index in [9.17, 15) is 9.59 Å². The van der Waals surface area contributed by atoms with E-state index in [0.717, 1.165) is 18.6 Å². The Morgan fingerprint density at radius 3 is 2.31 bits per heavy atom. The molecule has 0 saturated heterocycles. The van der Waals surface area contributed by atoms with Crippen LogP contribution in [-0.2, 0) is 16.1 Å². The van der Waals surface area contributed by atoms with E-state index in [1.165, 1.54) is 0 Å². The molecule has 0 aliphatic carbocycles. The van der Waals surface area contributed by atoms with Gasteiger partial charge in [-0.1, -0.05) is 67.7 Å². The fourth-order valence-electron chi connectivity index (χ4n) is 3.35. The maximum absolute atomic E-state index is 13.2. The second-order valence-corrected chi connectivity index (χ2v) is 8.37. The van der Waals surface area contributed by atoms with Crippen molar-refractivity contribution in [3.8, 4) is 5.75 Å². The van der Waals surface area contributed by atoms with Crippen LogP contribution < -0.4 is 10.1 Å². The summed E-state index contributed by atoms with van der Waals surface area (Å²) in [6, 6.07) is 14.1. The van der Waals surface area contributed by atoms with Crippen LogP contribution >= 0.6 is 23.2 Å². The molecule has 0 radical (unpaired) electrons. The predicted molar refractivity (Wildman–Crippen MR) is 130 cm³/mol. The number of carbonyl (C=O) groups excluding carboxylic acids is 2. The molecule has 0 bridgehead atoms. The zero-order valence-corrected chi connectivity index (χ0v) is 20.3. The summed E-state index contributed by atoms with van der Waals surface area (Å²) in [5.41, 5.74) is 0.643. The van der Waals surface area contributed by atoms with Gasteiger partial charge in [0.2, 0.25) is 11.8 Å². The molecule has 174 valence electrons. The molecular weight excluding hydrogens is 447 g/mol. The Bertz CT molecular complexity index is 841. The first-order chi connectivity index (χ1) is 15.5. The van der Waals surface area contributed by atoms with Crippen molar-refractivity contribution >= 4 is 35.0 Å². The van der Waals surface area contributed by atoms with E-state index in [0.29, 0.717) is 41.6 Å². The van der Waals surface area contributed by atoms with Gasteiger partial charge in [-0.3, -0.25) is 9.59 Å². The van der Waals surface area contributed by atoms with E-state index in [2.05, 4.69) is 12.2 Å². The first-order valence-corrected chi connectivity index (χ1v) is 11.9. The summed E-state index contributed by atoms with van der Waals surface area (Å²) >= 11 is 12.7. The summed E-state index contributed by atoms with van der Waals surface area (Å²) in [5, 5.41) is 3.90. The van der Waals surface area contributed by atoms with Crippen molar-refractivity contribution in [2.24, 2.45) is 0 Å². The number of nitrogens with one attached hydrogen (secondary N) is 1. The lowest BCUT2D eigenvalue weighted by molar-refractivity contribution is -0.141. The van der Waals surface area contributed by atoms with E-state index in [-0.39, 0.29) is 24.8 Å². The average Bonchev–Trinajstić information content (AvgIpc) is 2.79. The van der Waals surface area contributed by atoms with Gasteiger partial charge >= 0.3 is 0 Å². The number of hydrogen-bond donors (Lipinski definition) is 1. The van der Waals surface area contributed by atoms with Crippen LogP contribution in [0.5, 0.6) is 5.75 Å². The van der Waals surface area contributed by atoms with Crippen molar-refractivity contribution in [1.29, 1.82) is 0 Å². The van der Waals surface area contributed by atoms with Crippen LogP contribution in [0.15, 0.2) is 48.5 Å². The van der Waals surface area contributed by atoms with E-state index < -0.39 is 6.04 Å². The maximum Gasteiger partial charge on any atom is 0.242 e. The van der Waals surface area contributed by atoms with Crippen molar-refractivity contribution in [3.63, 3.8) is 0 Å². The third-order valence-electron chi connectivity index (χ3n) is 5.15. The molecule has 0 fully saturated rings. The minimum absolute atomic E-state index is 0.130. The van der Waals surface area contributed by atoms with Gasteiger partial charge in [0.05, 0.1) is 6.61 Å². The topological polar surface area (TPSA) is 58.6 Å². The van der Waals surface area contributed by atoms with Crippen LogP contribution in [0.3, 0.4) is 0 Å². The molecule has 0 aliphatic rings. The largest absolute Gasteiger partial charge is 0.494 e. The Morgan fingerprint density at radius 2 is 1.69 bits per heavy atom. The van der Waals surface area contributed by atoms with Crippen molar-refractivity contribution in [3.05, 3.63) is 64.1 Å². The second kappa shape index (κ2) is 14.0. The molecule has 0 aliphatic heterocycles. The Morgan fingerprint density at radius 1 is 1.00 bits per heavy atom. The van der Waals surface area contributed by atoms with Crippen LogP contribution in [0.2, 0.25) is 10.0 Å². The quantitative estimate of drug-likeness (QED) is 0.365. The van der Waals surface area contributed by atoms with Gasteiger partial charge in [-0.2, -0.15) is 0 Å². The van der Waals surface area contributed by atoms with Crippen LogP contribution in [-0.4, -0.2) is 35.9 Å². The molecule has 32 heavy (non-hydrogen) atoms. The zero-order chi connectivity index (χ0) is 23.3. The Labute approximate surface area is 201 Å². The van der Waals surface area contributed by atoms with Crippen LogP contribution in [0, 0.1) is 0 Å². The molecule has 2 amide bonds. The molecular formula is C25H32Cl2N2O3. The number of halogens is 2. The van der Waals surface area contributed by atoms with Gasteiger partial charge in [0.1, 0.15) is 11.8 Å². The summed E-state index contributed by atoms with van der Waals surface area (Å²) in [5.74, 6) is 0.481. The lowest BCUT2D eigenvalue weighted by Crippen LogP contribution is -2.49. The van der Waals surface area contributed by atoms with E-state index in [1.54, 1.807) is 23.1 Å². The Balaban J connectivity index is 2.10. The van der Waals surface area contributed by atoms with Crippen molar-refractivity contribution < 1.29 is 14.3 Å². The SMILES string of the molecule is CCCCNC(=O)C(CC)N(Cc1c(Cl)cccc1Cl)C(=O)CCCOc1ccccc1. The fourth-order valence-corrected chi connectivity index (χ4v) is 3.87. The van der Waals surface area contributed by atoms with Crippen molar-refractivity contribution in [1.82, 2.24) is 10.2 Å². The molecule has 5 nitrogen and oxygen atoms in total. The molecule has 1 unspecified atom stereocenters. The minimum atomic E-state index is -0.596. The number of unbranched alkanes of at least 4 members (excludes halogenated alkanes) is 1. The maximum atomic E-state index is 13.2. The summed E-state index contributed by atoms with van der Waals surface area (Å²) < 4.78 is 5.70. The highest BCUT2D eigenvalue weighted by Gasteiger charge is 2.29. The Kier molecular flexibility index (Phi) is 11.4. The molecule has 0 spiro atoms. The second-order valence-electron chi connectivity index (χ2n) is 7.56. The summed E-state index contributed by atoms with van der Waals surface area (Å²) in [7, 11) is 0. The molecule has 2 aromatic carbocycles. The molecule has 0 heterocycles. The van der Waals surface area contributed by atoms with E-state index >= 15 is 0 Å². The third-order valence-corrected chi connectivity index (χ3v) is 5.86. The van der Waals surface area contributed by atoms with E-state index in [4.69, 9.17) is 27.9 Å². The fraction of sp³-hybridized carbons (Fsp3) is 0.440. The number of benzene rings is 2. The normalized spacial score (nSPS) is 11.6. The first kappa shape index (κ1) is 26.0. The number of hydrogen-bond acceptors (Lipinski definition) is 3. The van der Waals surface area contributed by atoms with Crippen LogP contribution in [0.4, 0.5) is 0 Å². The van der Waals surface area contributed by atoms with Crippen molar-refractivity contribution in [2.45, 2.75) is 58.5 Å². The highest BCUT2D eigenvalue weighted by molar-refractivity contribution is 6.36. The van der Waals surface area contributed by atoms with E-state index in [1.807, 2.05) is 37.3 Å². The number of ether oxygens (including phenoxy) is 1. The van der Waals surface area contributed by atoms with Gasteiger partial charge in [-0.05, 0) is 43.5 Å². The van der Waals surface area contributed by atoms with Crippen molar-refractivity contribution in [2.75, 3.05) is 13.2 Å². The number of rotatable bonds is 13. The molecule has 1 N–H and O–H groups in total. The number of amides is 2. The summed E-state index contributed by atoms with van der Waals surface area (Å²) in [6.45, 7) is 5.14. The number of para-hydroxylation sites is 1. The molecule has 0 aromatic heterocycles. The first-order valence-electron chi connectivity index (χ1n) is 11.2. The van der Waals surface area contributed by atoms with Gasteiger partial charge in [-0.15, -0.1) is 0 Å². The molecule has 2 rings (SSSR count). The zero-order valence-electron chi connectivity index (χ0n) is 18.8. The highest BCUT2D eigenvalue weighted by Crippen LogP contribution is 2.27. The van der Waals surface area contributed by atoms with Gasteiger partial charge in [0.25, 0.3) is 0 Å². The summed E-state index contributed by atoms with van der Waals surface area (Å²) in [6.07, 6.45) is 3.16. The molecule has 0 saturated carbocycles. The van der Waals surface area contributed by atoms with Crippen LogP contribution in [0.1, 0.15) is 51.5 Å². The van der Waals surface area contributed by atoms with Gasteiger partial charge in [-0.25, -0.2) is 0 Å². The smallest absolute Gasteiger partial charge is 0.242 e. The lowest BCUT2D eigenvalue weighted by atomic mass is 10.1. The highest BCUT2D eigenvalue weighted by atomic mass is 35.5. The molecule has 7 heteroatoms. The monoisotopic (exact) mass is 478 g/mol. The Hall–Kier alpha value is -2.24. The average molecular weight is 479 g/mol. The number of nitrogens with zero attached hydrogens (tertiary/aromatic N) is 1. The predicted octanol–water partition coefficient (Wildman–Crippen LogP) is 5.88. The third kappa shape index (κ3) is 8.03. The van der Waals surface area contributed by atoms with Crippen LogP contribution in [0.25, 0.3) is 0 Å². The summed E-state index contributed by atoms with van der Waals surface area (Å²) in [4.78, 5) is 27.7. The lowest BCUT2D eigenvalue weighted by Gasteiger charge is -2.31. The molecule has 2 aromatic rings. The van der Waals surface area contributed by atoms with Gasteiger partial charge in [0.15, 0.2) is 0 Å². The standard InChI is InChI=1S/C25H32Cl2N2O3/c1-3-5-16-28-25(31)23(4-2)29(18-20-21(26)13-9-14-22(20)27)24(30)15-10-17-32-19-11-7-6-8-12-19/h6-9,11-14,23H,3-5,10,15-18H2,1-2H3,(H,28,31). The van der Waals surface area contributed by atoms with Gasteiger partial charge < -0.3 is 15.0 Å². The van der Waals surface area contributed by atoms with Gasteiger partial charge in [0, 0.05) is 35.1 Å². The minimum Gasteiger partial charge on any atom is -0.494 e. The number of carbonyl (C=O) groups is 2. The molecule has 1 atom stereocenters.